The van der Waals surface area contributed by atoms with Gasteiger partial charge in [-0.1, -0.05) is 52.0 Å². The first kappa shape index (κ1) is 16.4. The molecule has 0 radical (unpaired) electrons. The molecule has 0 unspecified atom stereocenters. The Morgan fingerprint density at radius 2 is 1.41 bits per heavy atom. The molecule has 2 heteroatoms. The number of rotatable bonds is 5. The number of benzene rings is 2. The third-order valence-electron chi connectivity index (χ3n) is 4.39. The van der Waals surface area contributed by atoms with Gasteiger partial charge in [-0.15, -0.1) is 0 Å². The quantitative estimate of drug-likeness (QED) is 0.759. The maximum Gasteiger partial charge on any atom is 0.122 e. The van der Waals surface area contributed by atoms with E-state index < -0.39 is 0 Å². The molecule has 0 N–H and O–H groups in total. The summed E-state index contributed by atoms with van der Waals surface area (Å²) in [4.78, 5) is 0. The Hall–Kier alpha value is -1.96. The van der Waals surface area contributed by atoms with E-state index in [-0.39, 0.29) is 5.41 Å². The summed E-state index contributed by atoms with van der Waals surface area (Å²) in [5.41, 5.74) is 3.66. The van der Waals surface area contributed by atoms with Crippen LogP contribution in [0, 0.1) is 0 Å². The molecule has 0 bridgehead atoms. The van der Waals surface area contributed by atoms with Crippen LogP contribution < -0.4 is 9.47 Å². The Labute approximate surface area is 134 Å². The van der Waals surface area contributed by atoms with Crippen molar-refractivity contribution in [2.45, 2.75) is 39.0 Å². The van der Waals surface area contributed by atoms with Crippen molar-refractivity contribution < 1.29 is 9.47 Å². The maximum atomic E-state index is 5.59. The number of ether oxygens (including phenoxy) is 2. The summed E-state index contributed by atoms with van der Waals surface area (Å²) < 4.78 is 10.8. The molecule has 22 heavy (non-hydrogen) atoms. The second-order valence-electron chi connectivity index (χ2n) is 6.46. The van der Waals surface area contributed by atoms with Crippen LogP contribution in [0.5, 0.6) is 11.5 Å². The molecular formula is C20H26O2. The first-order valence-corrected chi connectivity index (χ1v) is 7.73. The largest absolute Gasteiger partial charge is 0.497 e. The average Bonchev–Trinajstić information content (AvgIpc) is 2.54. The van der Waals surface area contributed by atoms with Gasteiger partial charge in [-0.25, -0.2) is 0 Å². The molecule has 0 spiro atoms. The SMILES string of the molecule is COc1ccc(C(C)(C)c2ccc(C(C)C)c(OC)c2)cc1. The second-order valence-corrected chi connectivity index (χ2v) is 6.46. The summed E-state index contributed by atoms with van der Waals surface area (Å²) in [6, 6.07) is 14.8. The van der Waals surface area contributed by atoms with Gasteiger partial charge in [0.05, 0.1) is 14.2 Å². The van der Waals surface area contributed by atoms with E-state index in [0.29, 0.717) is 5.92 Å². The molecule has 0 heterocycles. The lowest BCUT2D eigenvalue weighted by molar-refractivity contribution is 0.406. The molecule has 2 aromatic rings. The highest BCUT2D eigenvalue weighted by Gasteiger charge is 2.24. The molecule has 2 rings (SSSR count). The third-order valence-corrected chi connectivity index (χ3v) is 4.39. The van der Waals surface area contributed by atoms with Crippen molar-refractivity contribution in [2.75, 3.05) is 14.2 Å². The van der Waals surface area contributed by atoms with Crippen LogP contribution in [0.2, 0.25) is 0 Å². The molecule has 0 amide bonds. The second kappa shape index (κ2) is 6.43. The van der Waals surface area contributed by atoms with Crippen LogP contribution in [-0.4, -0.2) is 14.2 Å². The minimum Gasteiger partial charge on any atom is -0.497 e. The molecule has 0 atom stereocenters. The molecule has 0 saturated heterocycles. The number of methoxy groups -OCH3 is 2. The fraction of sp³-hybridized carbons (Fsp3) is 0.400. The number of hydrogen-bond donors (Lipinski definition) is 0. The van der Waals surface area contributed by atoms with Crippen molar-refractivity contribution in [1.82, 2.24) is 0 Å². The zero-order chi connectivity index (χ0) is 16.3. The summed E-state index contributed by atoms with van der Waals surface area (Å²) in [5.74, 6) is 2.30. The molecule has 0 saturated carbocycles. The summed E-state index contributed by atoms with van der Waals surface area (Å²) in [5, 5.41) is 0. The Morgan fingerprint density at radius 1 is 0.818 bits per heavy atom. The predicted molar refractivity (Wildman–Crippen MR) is 92.2 cm³/mol. The molecule has 118 valence electrons. The van der Waals surface area contributed by atoms with Crippen molar-refractivity contribution in [3.63, 3.8) is 0 Å². The fourth-order valence-electron chi connectivity index (χ4n) is 2.75. The van der Waals surface area contributed by atoms with Crippen LogP contribution in [-0.2, 0) is 5.41 Å². The first-order chi connectivity index (χ1) is 10.4. The Bertz CT molecular complexity index is 625. The monoisotopic (exact) mass is 298 g/mol. The van der Waals surface area contributed by atoms with E-state index in [9.17, 15) is 0 Å². The van der Waals surface area contributed by atoms with E-state index in [1.54, 1.807) is 14.2 Å². The highest BCUT2D eigenvalue weighted by Crippen LogP contribution is 2.36. The van der Waals surface area contributed by atoms with Gasteiger partial charge in [0.1, 0.15) is 11.5 Å². The van der Waals surface area contributed by atoms with Crippen LogP contribution in [0.15, 0.2) is 42.5 Å². The van der Waals surface area contributed by atoms with Crippen molar-refractivity contribution in [3.05, 3.63) is 59.2 Å². The van der Waals surface area contributed by atoms with Crippen LogP contribution in [0.1, 0.15) is 50.3 Å². The standard InChI is InChI=1S/C20H26O2/c1-14(2)18-12-9-16(13-19(18)22-6)20(3,4)15-7-10-17(21-5)11-8-15/h7-14H,1-6H3. The van der Waals surface area contributed by atoms with Gasteiger partial charge in [-0.3, -0.25) is 0 Å². The molecule has 0 aromatic heterocycles. The molecule has 0 fully saturated rings. The molecule has 2 aromatic carbocycles. The molecule has 0 aliphatic carbocycles. The van der Waals surface area contributed by atoms with Gasteiger partial charge in [0.15, 0.2) is 0 Å². The fourth-order valence-corrected chi connectivity index (χ4v) is 2.75. The van der Waals surface area contributed by atoms with Crippen molar-refractivity contribution in [2.24, 2.45) is 0 Å². The molecule has 2 nitrogen and oxygen atoms in total. The van der Waals surface area contributed by atoms with Crippen LogP contribution in [0.25, 0.3) is 0 Å². The van der Waals surface area contributed by atoms with Crippen molar-refractivity contribution in [1.29, 1.82) is 0 Å². The zero-order valence-corrected chi connectivity index (χ0v) is 14.4. The van der Waals surface area contributed by atoms with Crippen molar-refractivity contribution in [3.8, 4) is 11.5 Å². The highest BCUT2D eigenvalue weighted by molar-refractivity contribution is 5.46. The average molecular weight is 298 g/mol. The van der Waals surface area contributed by atoms with Gasteiger partial charge in [0.2, 0.25) is 0 Å². The van der Waals surface area contributed by atoms with Gasteiger partial charge >= 0.3 is 0 Å². The van der Waals surface area contributed by atoms with E-state index in [2.05, 4.69) is 58.0 Å². The Morgan fingerprint density at radius 3 is 1.91 bits per heavy atom. The lowest BCUT2D eigenvalue weighted by Crippen LogP contribution is -2.19. The van der Waals surface area contributed by atoms with Crippen molar-refractivity contribution >= 4 is 0 Å². The van der Waals surface area contributed by atoms with E-state index in [0.717, 1.165) is 11.5 Å². The summed E-state index contributed by atoms with van der Waals surface area (Å²) in [6.45, 7) is 8.84. The van der Waals surface area contributed by atoms with Crippen LogP contribution in [0.3, 0.4) is 0 Å². The van der Waals surface area contributed by atoms with E-state index in [1.807, 2.05) is 12.1 Å². The zero-order valence-electron chi connectivity index (χ0n) is 14.4. The minimum atomic E-state index is -0.0882. The lowest BCUT2D eigenvalue weighted by Gasteiger charge is -2.27. The predicted octanol–water partition coefficient (Wildman–Crippen LogP) is 5.15. The molecule has 0 aliphatic rings. The summed E-state index contributed by atoms with van der Waals surface area (Å²) in [6.07, 6.45) is 0. The third kappa shape index (κ3) is 3.11. The lowest BCUT2D eigenvalue weighted by atomic mass is 9.77. The van der Waals surface area contributed by atoms with E-state index >= 15 is 0 Å². The maximum absolute atomic E-state index is 5.59. The highest BCUT2D eigenvalue weighted by atomic mass is 16.5. The first-order valence-electron chi connectivity index (χ1n) is 7.73. The molecular weight excluding hydrogens is 272 g/mol. The van der Waals surface area contributed by atoms with Crippen LogP contribution >= 0.6 is 0 Å². The van der Waals surface area contributed by atoms with E-state index in [1.165, 1.54) is 16.7 Å². The van der Waals surface area contributed by atoms with E-state index in [4.69, 9.17) is 9.47 Å². The Kier molecular flexibility index (Phi) is 4.80. The van der Waals surface area contributed by atoms with Gasteiger partial charge in [-0.05, 0) is 40.8 Å². The topological polar surface area (TPSA) is 18.5 Å². The van der Waals surface area contributed by atoms with Crippen LogP contribution in [0.4, 0.5) is 0 Å². The van der Waals surface area contributed by atoms with Gasteiger partial charge in [-0.2, -0.15) is 0 Å². The summed E-state index contributed by atoms with van der Waals surface area (Å²) in [7, 11) is 3.43. The smallest absolute Gasteiger partial charge is 0.122 e. The van der Waals surface area contributed by atoms with Gasteiger partial charge < -0.3 is 9.47 Å². The van der Waals surface area contributed by atoms with Gasteiger partial charge in [0, 0.05) is 5.41 Å². The Balaban J connectivity index is 2.43. The molecule has 0 aliphatic heterocycles. The minimum absolute atomic E-state index is 0.0882. The normalized spacial score (nSPS) is 11.6. The summed E-state index contributed by atoms with van der Waals surface area (Å²) >= 11 is 0. The van der Waals surface area contributed by atoms with Gasteiger partial charge in [0.25, 0.3) is 0 Å². The number of hydrogen-bond acceptors (Lipinski definition) is 2.